The summed E-state index contributed by atoms with van der Waals surface area (Å²) in [5.41, 5.74) is 5.91. The molecule has 1 aromatic rings. The lowest BCUT2D eigenvalue weighted by Gasteiger charge is -2.34. The van der Waals surface area contributed by atoms with Crippen molar-refractivity contribution >= 4 is 0 Å². The van der Waals surface area contributed by atoms with Gasteiger partial charge in [0.25, 0.3) is 0 Å². The normalized spacial score (nSPS) is 31.0. The van der Waals surface area contributed by atoms with Gasteiger partial charge in [0.1, 0.15) is 0 Å². The maximum atomic E-state index is 6.20. The van der Waals surface area contributed by atoms with Crippen molar-refractivity contribution in [1.82, 2.24) is 10.1 Å². The van der Waals surface area contributed by atoms with Gasteiger partial charge in [0.2, 0.25) is 5.89 Å². The minimum atomic E-state index is -0.289. The van der Waals surface area contributed by atoms with Crippen molar-refractivity contribution in [1.29, 1.82) is 0 Å². The first-order valence-corrected chi connectivity index (χ1v) is 7.28. The van der Waals surface area contributed by atoms with Crippen molar-refractivity contribution in [2.75, 3.05) is 0 Å². The SMILES string of the molecule is CC1CCC(Cc2nc(C3(N)CCC3)no2)CC1. The highest BCUT2D eigenvalue weighted by Crippen LogP contribution is 2.37. The van der Waals surface area contributed by atoms with Crippen LogP contribution in [0.1, 0.15) is 63.6 Å². The van der Waals surface area contributed by atoms with E-state index in [2.05, 4.69) is 17.1 Å². The van der Waals surface area contributed by atoms with Crippen molar-refractivity contribution in [3.05, 3.63) is 11.7 Å². The highest BCUT2D eigenvalue weighted by molar-refractivity contribution is 5.08. The zero-order valence-electron chi connectivity index (χ0n) is 11.2. The lowest BCUT2D eigenvalue weighted by molar-refractivity contribution is 0.227. The molecule has 0 aliphatic heterocycles. The van der Waals surface area contributed by atoms with Crippen molar-refractivity contribution < 1.29 is 4.52 Å². The maximum absolute atomic E-state index is 6.20. The summed E-state index contributed by atoms with van der Waals surface area (Å²) in [6.07, 6.45) is 9.38. The molecule has 0 saturated heterocycles. The lowest BCUT2D eigenvalue weighted by atomic mass is 9.77. The molecule has 1 aromatic heterocycles. The van der Waals surface area contributed by atoms with Gasteiger partial charge in [0, 0.05) is 6.42 Å². The molecule has 4 heteroatoms. The quantitative estimate of drug-likeness (QED) is 0.894. The molecule has 18 heavy (non-hydrogen) atoms. The summed E-state index contributed by atoms with van der Waals surface area (Å²) in [6, 6.07) is 0. The minimum absolute atomic E-state index is 0.289. The average Bonchev–Trinajstić information content (AvgIpc) is 2.78. The van der Waals surface area contributed by atoms with E-state index in [0.717, 1.165) is 42.8 Å². The Morgan fingerprint density at radius 2 is 2.00 bits per heavy atom. The molecule has 2 aliphatic rings. The molecule has 0 spiro atoms. The van der Waals surface area contributed by atoms with Crippen molar-refractivity contribution in [3.8, 4) is 0 Å². The molecule has 0 aromatic carbocycles. The molecule has 0 atom stereocenters. The average molecular weight is 249 g/mol. The Labute approximate surface area is 108 Å². The molecule has 1 heterocycles. The Kier molecular flexibility index (Phi) is 3.14. The predicted molar refractivity (Wildman–Crippen MR) is 68.8 cm³/mol. The molecule has 2 N–H and O–H groups in total. The Bertz CT molecular complexity index is 403. The fourth-order valence-corrected chi connectivity index (χ4v) is 3.10. The fourth-order valence-electron chi connectivity index (χ4n) is 3.10. The Morgan fingerprint density at radius 3 is 2.61 bits per heavy atom. The van der Waals surface area contributed by atoms with Crippen LogP contribution in [-0.2, 0) is 12.0 Å². The Hall–Kier alpha value is -0.900. The molecular weight excluding hydrogens is 226 g/mol. The molecule has 2 aliphatic carbocycles. The van der Waals surface area contributed by atoms with E-state index in [1.165, 1.54) is 32.1 Å². The van der Waals surface area contributed by atoms with Gasteiger partial charge in [-0.2, -0.15) is 4.98 Å². The molecule has 0 radical (unpaired) electrons. The number of hydrogen-bond donors (Lipinski definition) is 1. The van der Waals surface area contributed by atoms with E-state index >= 15 is 0 Å². The summed E-state index contributed by atoms with van der Waals surface area (Å²) in [6.45, 7) is 2.34. The summed E-state index contributed by atoms with van der Waals surface area (Å²) in [4.78, 5) is 4.51. The highest BCUT2D eigenvalue weighted by atomic mass is 16.5. The largest absolute Gasteiger partial charge is 0.339 e. The van der Waals surface area contributed by atoms with Gasteiger partial charge >= 0.3 is 0 Å². The molecule has 4 nitrogen and oxygen atoms in total. The maximum Gasteiger partial charge on any atom is 0.226 e. The van der Waals surface area contributed by atoms with E-state index in [-0.39, 0.29) is 5.54 Å². The van der Waals surface area contributed by atoms with Gasteiger partial charge in [0.05, 0.1) is 5.54 Å². The molecule has 0 unspecified atom stereocenters. The second kappa shape index (κ2) is 4.65. The van der Waals surface area contributed by atoms with Gasteiger partial charge in [-0.1, -0.05) is 24.9 Å². The fraction of sp³-hybridized carbons (Fsp3) is 0.857. The van der Waals surface area contributed by atoms with Crippen molar-refractivity contribution in [3.63, 3.8) is 0 Å². The Morgan fingerprint density at radius 1 is 1.28 bits per heavy atom. The zero-order chi connectivity index (χ0) is 12.6. The van der Waals surface area contributed by atoms with E-state index in [4.69, 9.17) is 10.3 Å². The first kappa shape index (κ1) is 12.2. The van der Waals surface area contributed by atoms with Crippen LogP contribution in [0.25, 0.3) is 0 Å². The molecule has 0 amide bonds. The smallest absolute Gasteiger partial charge is 0.226 e. The number of hydrogen-bond acceptors (Lipinski definition) is 4. The molecule has 100 valence electrons. The third-order valence-corrected chi connectivity index (χ3v) is 4.76. The number of nitrogens with two attached hydrogens (primary N) is 1. The second-order valence-corrected chi connectivity index (χ2v) is 6.35. The Balaban J connectivity index is 1.60. The summed E-state index contributed by atoms with van der Waals surface area (Å²) < 4.78 is 5.38. The first-order valence-electron chi connectivity index (χ1n) is 7.28. The third-order valence-electron chi connectivity index (χ3n) is 4.76. The summed E-state index contributed by atoms with van der Waals surface area (Å²) in [7, 11) is 0. The highest BCUT2D eigenvalue weighted by Gasteiger charge is 2.39. The van der Waals surface area contributed by atoms with Crippen LogP contribution in [0.2, 0.25) is 0 Å². The van der Waals surface area contributed by atoms with Gasteiger partial charge < -0.3 is 10.3 Å². The molecule has 2 fully saturated rings. The summed E-state index contributed by atoms with van der Waals surface area (Å²) >= 11 is 0. The van der Waals surface area contributed by atoms with Gasteiger partial charge in [0.15, 0.2) is 5.82 Å². The van der Waals surface area contributed by atoms with Crippen LogP contribution < -0.4 is 5.73 Å². The monoisotopic (exact) mass is 249 g/mol. The van der Waals surface area contributed by atoms with Gasteiger partial charge in [-0.3, -0.25) is 0 Å². The van der Waals surface area contributed by atoms with E-state index in [9.17, 15) is 0 Å². The van der Waals surface area contributed by atoms with E-state index in [1.807, 2.05) is 0 Å². The third kappa shape index (κ3) is 2.30. The van der Waals surface area contributed by atoms with Crippen LogP contribution in [0, 0.1) is 11.8 Å². The van der Waals surface area contributed by atoms with Crippen molar-refractivity contribution in [2.24, 2.45) is 17.6 Å². The van der Waals surface area contributed by atoms with E-state index in [1.54, 1.807) is 0 Å². The predicted octanol–water partition coefficient (Wildman–Crippen LogP) is 2.78. The van der Waals surface area contributed by atoms with Crippen LogP contribution >= 0.6 is 0 Å². The number of nitrogens with zero attached hydrogens (tertiary/aromatic N) is 2. The molecule has 3 rings (SSSR count). The zero-order valence-corrected chi connectivity index (χ0v) is 11.2. The molecular formula is C14H23N3O. The second-order valence-electron chi connectivity index (χ2n) is 6.35. The van der Waals surface area contributed by atoms with Gasteiger partial charge in [-0.15, -0.1) is 0 Å². The van der Waals surface area contributed by atoms with Crippen LogP contribution in [0.5, 0.6) is 0 Å². The number of aromatic nitrogens is 2. The van der Waals surface area contributed by atoms with Crippen LogP contribution in [0.4, 0.5) is 0 Å². The minimum Gasteiger partial charge on any atom is -0.339 e. The lowest BCUT2D eigenvalue weighted by Crippen LogP contribution is -2.44. The van der Waals surface area contributed by atoms with E-state index in [0.29, 0.717) is 0 Å². The van der Waals surface area contributed by atoms with Crippen molar-refractivity contribution in [2.45, 2.75) is 63.8 Å². The molecule has 2 saturated carbocycles. The van der Waals surface area contributed by atoms with E-state index < -0.39 is 0 Å². The standard InChI is InChI=1S/C14H23N3O/c1-10-3-5-11(6-4-10)9-12-16-13(17-18-12)14(15)7-2-8-14/h10-11H,2-9,15H2,1H3. The van der Waals surface area contributed by atoms with Crippen LogP contribution in [-0.4, -0.2) is 10.1 Å². The van der Waals surface area contributed by atoms with Crippen LogP contribution in [0.15, 0.2) is 4.52 Å². The topological polar surface area (TPSA) is 64.9 Å². The first-order chi connectivity index (χ1) is 8.66. The van der Waals surface area contributed by atoms with Gasteiger partial charge in [-0.25, -0.2) is 0 Å². The van der Waals surface area contributed by atoms with Gasteiger partial charge in [-0.05, 0) is 43.9 Å². The number of rotatable bonds is 3. The van der Waals surface area contributed by atoms with Crippen LogP contribution in [0.3, 0.4) is 0 Å². The summed E-state index contributed by atoms with van der Waals surface area (Å²) in [5, 5.41) is 4.08. The summed E-state index contributed by atoms with van der Waals surface area (Å²) in [5.74, 6) is 3.14. The molecule has 0 bridgehead atoms.